The topological polar surface area (TPSA) is 16.1 Å². The zero-order valence-corrected chi connectivity index (χ0v) is 13.6. The number of hydrogen-bond donors (Lipinski definition) is 0. The highest BCUT2D eigenvalue weighted by atomic mass is 79.9. The Labute approximate surface area is 124 Å². The molecule has 5 heteroatoms. The van der Waals surface area contributed by atoms with Crippen LogP contribution in [-0.4, -0.2) is 23.5 Å². The number of anilines is 1. The van der Waals surface area contributed by atoms with Gasteiger partial charge in [-0.25, -0.2) is 4.98 Å². The zero-order valence-electron chi connectivity index (χ0n) is 9.67. The molecule has 0 amide bonds. The first-order valence-electron chi connectivity index (χ1n) is 5.78. The van der Waals surface area contributed by atoms with Crippen LogP contribution in [0, 0.1) is 5.92 Å². The lowest BCUT2D eigenvalue weighted by Crippen LogP contribution is -2.36. The Hall–Kier alpha value is 0.200. The Kier molecular flexibility index (Phi) is 4.72. The Morgan fingerprint density at radius 1 is 1.41 bits per heavy atom. The summed E-state index contributed by atoms with van der Waals surface area (Å²) in [5.41, 5.74) is 0. The van der Waals surface area contributed by atoms with Crippen LogP contribution in [0.25, 0.3) is 0 Å². The van der Waals surface area contributed by atoms with Gasteiger partial charge >= 0.3 is 0 Å². The number of piperidine rings is 1. The van der Waals surface area contributed by atoms with Crippen LogP contribution in [0.3, 0.4) is 0 Å². The predicted octanol–water partition coefficient (Wildman–Crippen LogP) is 4.45. The van der Waals surface area contributed by atoms with Gasteiger partial charge < -0.3 is 4.90 Å². The Balaban J connectivity index is 2.05. The van der Waals surface area contributed by atoms with Crippen LogP contribution in [0.4, 0.5) is 5.82 Å². The molecule has 94 valence electrons. The maximum atomic E-state index is 6.15. The van der Waals surface area contributed by atoms with Gasteiger partial charge in [0, 0.05) is 29.1 Å². The van der Waals surface area contributed by atoms with Crippen molar-refractivity contribution in [2.75, 3.05) is 18.0 Å². The molecule has 1 unspecified atom stereocenters. The van der Waals surface area contributed by atoms with Crippen LogP contribution in [-0.2, 0) is 0 Å². The molecule has 2 nitrogen and oxygen atoms in total. The minimum Gasteiger partial charge on any atom is -0.356 e. The summed E-state index contributed by atoms with van der Waals surface area (Å²) in [4.78, 5) is 6.80. The summed E-state index contributed by atoms with van der Waals surface area (Å²) in [7, 11) is 0. The Morgan fingerprint density at radius 3 is 2.59 bits per heavy atom. The molecule has 1 aromatic heterocycles. The quantitative estimate of drug-likeness (QED) is 0.703. The van der Waals surface area contributed by atoms with E-state index in [0.29, 0.717) is 5.92 Å². The van der Waals surface area contributed by atoms with Gasteiger partial charge in [-0.2, -0.15) is 0 Å². The lowest BCUT2D eigenvalue weighted by molar-refractivity contribution is 0.398. The number of hydrogen-bond acceptors (Lipinski definition) is 2. The zero-order chi connectivity index (χ0) is 12.4. The van der Waals surface area contributed by atoms with E-state index < -0.39 is 0 Å². The van der Waals surface area contributed by atoms with Gasteiger partial charge in [0.15, 0.2) is 0 Å². The van der Waals surface area contributed by atoms with Crippen LogP contribution in [0.5, 0.6) is 0 Å². The first-order valence-corrected chi connectivity index (χ1v) is 7.80. The molecule has 1 saturated heterocycles. The van der Waals surface area contributed by atoms with E-state index >= 15 is 0 Å². The molecule has 1 aliphatic heterocycles. The van der Waals surface area contributed by atoms with Crippen molar-refractivity contribution in [2.24, 2.45) is 5.92 Å². The number of pyridine rings is 1. The van der Waals surface area contributed by atoms with Crippen molar-refractivity contribution >= 4 is 49.3 Å². The van der Waals surface area contributed by atoms with E-state index in [2.05, 4.69) is 48.7 Å². The second-order valence-corrected chi connectivity index (χ2v) is 6.92. The van der Waals surface area contributed by atoms with Gasteiger partial charge in [0.25, 0.3) is 0 Å². The molecule has 2 rings (SSSR count). The molecule has 1 atom stereocenters. The van der Waals surface area contributed by atoms with Crippen LogP contribution < -0.4 is 4.90 Å². The minimum atomic E-state index is 0.276. The largest absolute Gasteiger partial charge is 0.356 e. The Morgan fingerprint density at radius 2 is 2.06 bits per heavy atom. The first kappa shape index (κ1) is 13.6. The molecule has 0 N–H and O–H groups in total. The molecule has 17 heavy (non-hydrogen) atoms. The minimum absolute atomic E-state index is 0.276. The normalized spacial score (nSPS) is 19.4. The smallest absolute Gasteiger partial charge is 0.142 e. The fourth-order valence-electron chi connectivity index (χ4n) is 2.21. The van der Waals surface area contributed by atoms with E-state index in [1.54, 1.807) is 0 Å². The van der Waals surface area contributed by atoms with Gasteiger partial charge in [0.2, 0.25) is 0 Å². The van der Waals surface area contributed by atoms with Gasteiger partial charge in [0.05, 0.1) is 4.47 Å². The molecule has 0 saturated carbocycles. The summed E-state index contributed by atoms with van der Waals surface area (Å²) < 4.78 is 2.04. The average Bonchev–Trinajstić information content (AvgIpc) is 2.29. The highest BCUT2D eigenvalue weighted by molar-refractivity contribution is 9.11. The van der Waals surface area contributed by atoms with Gasteiger partial charge in [-0.3, -0.25) is 0 Å². The van der Waals surface area contributed by atoms with Crippen LogP contribution in [0.1, 0.15) is 19.8 Å². The fourth-order valence-corrected chi connectivity index (χ4v) is 3.70. The van der Waals surface area contributed by atoms with E-state index in [1.165, 1.54) is 0 Å². The summed E-state index contributed by atoms with van der Waals surface area (Å²) >= 11 is 13.1. The van der Waals surface area contributed by atoms with Gasteiger partial charge in [-0.15, -0.1) is 11.6 Å². The molecular formula is C12H15Br2ClN2. The highest BCUT2D eigenvalue weighted by Crippen LogP contribution is 2.31. The van der Waals surface area contributed by atoms with E-state index in [-0.39, 0.29) is 5.38 Å². The summed E-state index contributed by atoms with van der Waals surface area (Å²) in [5.74, 6) is 1.68. The van der Waals surface area contributed by atoms with E-state index in [9.17, 15) is 0 Å². The molecular weight excluding hydrogens is 367 g/mol. The van der Waals surface area contributed by atoms with Crippen molar-refractivity contribution in [3.63, 3.8) is 0 Å². The van der Waals surface area contributed by atoms with Gasteiger partial charge in [0.1, 0.15) is 5.82 Å². The second-order valence-electron chi connectivity index (χ2n) is 4.46. The second kappa shape index (κ2) is 5.89. The molecule has 2 heterocycles. The maximum Gasteiger partial charge on any atom is 0.142 e. The number of halogens is 3. The predicted molar refractivity (Wildman–Crippen MR) is 79.9 cm³/mol. The summed E-state index contributed by atoms with van der Waals surface area (Å²) in [5, 5.41) is 0.276. The van der Waals surface area contributed by atoms with Crippen LogP contribution in [0.2, 0.25) is 0 Å². The molecule has 0 aliphatic carbocycles. The number of rotatable bonds is 2. The van der Waals surface area contributed by atoms with Gasteiger partial charge in [-0.05, 0) is 63.6 Å². The monoisotopic (exact) mass is 380 g/mol. The third kappa shape index (κ3) is 3.36. The van der Waals surface area contributed by atoms with E-state index in [4.69, 9.17) is 11.6 Å². The van der Waals surface area contributed by atoms with E-state index in [0.717, 1.165) is 40.7 Å². The lowest BCUT2D eigenvalue weighted by atomic mass is 9.94. The van der Waals surface area contributed by atoms with Crippen molar-refractivity contribution < 1.29 is 0 Å². The number of nitrogens with zero attached hydrogens (tertiary/aromatic N) is 2. The highest BCUT2D eigenvalue weighted by Gasteiger charge is 2.24. The summed E-state index contributed by atoms with van der Waals surface area (Å²) in [6.07, 6.45) is 4.14. The van der Waals surface area contributed by atoms with Gasteiger partial charge in [-0.1, -0.05) is 0 Å². The summed E-state index contributed by atoms with van der Waals surface area (Å²) in [6.45, 7) is 4.17. The van der Waals surface area contributed by atoms with Crippen molar-refractivity contribution in [3.05, 3.63) is 21.2 Å². The van der Waals surface area contributed by atoms with Crippen molar-refractivity contribution in [2.45, 2.75) is 25.1 Å². The Bertz CT molecular complexity index is 390. The van der Waals surface area contributed by atoms with Crippen LogP contribution in [0.15, 0.2) is 21.2 Å². The molecule has 0 radical (unpaired) electrons. The fraction of sp³-hybridized carbons (Fsp3) is 0.583. The van der Waals surface area contributed by atoms with Crippen LogP contribution >= 0.6 is 43.5 Å². The molecule has 1 aliphatic rings. The third-order valence-electron chi connectivity index (χ3n) is 3.28. The lowest BCUT2D eigenvalue weighted by Gasteiger charge is -2.34. The van der Waals surface area contributed by atoms with E-state index in [1.807, 2.05) is 12.3 Å². The van der Waals surface area contributed by atoms with Crippen molar-refractivity contribution in [3.8, 4) is 0 Å². The SMILES string of the molecule is CC(Cl)C1CCN(c2ncc(Br)cc2Br)CC1. The standard InChI is InChI=1S/C12H15Br2ClN2/c1-8(15)9-2-4-17(5-3-9)12-11(14)6-10(13)7-16-12/h6-9H,2-5H2,1H3. The first-order chi connectivity index (χ1) is 8.08. The third-order valence-corrected chi connectivity index (χ3v) is 4.65. The van der Waals surface area contributed by atoms with Crippen molar-refractivity contribution in [1.29, 1.82) is 0 Å². The maximum absolute atomic E-state index is 6.15. The van der Waals surface area contributed by atoms with Crippen molar-refractivity contribution in [1.82, 2.24) is 4.98 Å². The summed E-state index contributed by atoms with van der Waals surface area (Å²) in [6, 6.07) is 2.04. The number of aromatic nitrogens is 1. The average molecular weight is 383 g/mol. The molecule has 0 bridgehead atoms. The molecule has 1 aromatic rings. The molecule has 0 aromatic carbocycles. The molecule has 0 spiro atoms. The molecule has 1 fully saturated rings. The number of alkyl halides is 1.